The minimum Gasteiger partial charge on any atom is -0.480 e. The molecule has 1 aromatic rings. The molecule has 0 saturated heterocycles. The van der Waals surface area contributed by atoms with Crippen molar-refractivity contribution in [2.75, 3.05) is 13.1 Å². The molecule has 110 valence electrons. The van der Waals surface area contributed by atoms with Crippen LogP contribution in [-0.2, 0) is 11.3 Å². The fourth-order valence-electron chi connectivity index (χ4n) is 1.62. The Bertz CT molecular complexity index is 497. The van der Waals surface area contributed by atoms with Crippen LogP contribution in [0.25, 0.3) is 0 Å². The molecule has 2 amide bonds. The number of nitrogens with zero attached hydrogens (tertiary/aromatic N) is 1. The maximum atomic E-state index is 13.0. The van der Waals surface area contributed by atoms with E-state index in [0.29, 0.717) is 18.5 Å². The van der Waals surface area contributed by atoms with Gasteiger partial charge in [-0.1, -0.05) is 24.6 Å². The molecular formula is C13H16ClFN2O3. The molecule has 0 saturated carbocycles. The van der Waals surface area contributed by atoms with Crippen molar-refractivity contribution in [3.05, 3.63) is 34.6 Å². The normalized spacial score (nSPS) is 10.2. The van der Waals surface area contributed by atoms with Crippen LogP contribution in [0.3, 0.4) is 0 Å². The molecule has 0 fully saturated rings. The van der Waals surface area contributed by atoms with Crippen LogP contribution in [0.1, 0.15) is 18.9 Å². The van der Waals surface area contributed by atoms with Crippen molar-refractivity contribution < 1.29 is 19.1 Å². The molecule has 0 radical (unpaired) electrons. The van der Waals surface area contributed by atoms with Crippen molar-refractivity contribution in [3.63, 3.8) is 0 Å². The number of nitrogens with one attached hydrogen (secondary N) is 1. The number of carboxylic acid groups (broad SMARTS) is 1. The smallest absolute Gasteiger partial charge is 0.323 e. The van der Waals surface area contributed by atoms with Gasteiger partial charge in [0.2, 0.25) is 0 Å². The van der Waals surface area contributed by atoms with Crippen LogP contribution in [-0.4, -0.2) is 35.1 Å². The molecule has 2 N–H and O–H groups in total. The fourth-order valence-corrected chi connectivity index (χ4v) is 1.83. The second-order valence-electron chi connectivity index (χ2n) is 4.22. The Morgan fingerprint density at radius 1 is 1.45 bits per heavy atom. The molecular weight excluding hydrogens is 287 g/mol. The Morgan fingerprint density at radius 2 is 2.15 bits per heavy atom. The molecule has 0 aromatic heterocycles. The zero-order valence-electron chi connectivity index (χ0n) is 11.0. The summed E-state index contributed by atoms with van der Waals surface area (Å²) in [6.07, 6.45) is 0.656. The highest BCUT2D eigenvalue weighted by atomic mass is 35.5. The zero-order valence-corrected chi connectivity index (χ0v) is 11.8. The Morgan fingerprint density at radius 3 is 2.70 bits per heavy atom. The highest BCUT2D eigenvalue weighted by Crippen LogP contribution is 2.15. The largest absolute Gasteiger partial charge is 0.480 e. The van der Waals surface area contributed by atoms with Crippen LogP contribution in [0.15, 0.2) is 18.2 Å². The molecule has 0 heterocycles. The summed E-state index contributed by atoms with van der Waals surface area (Å²) in [6, 6.07) is 3.65. The van der Waals surface area contributed by atoms with Crippen LogP contribution in [0, 0.1) is 5.82 Å². The second kappa shape index (κ2) is 7.69. The first-order valence-electron chi connectivity index (χ1n) is 6.12. The Kier molecular flexibility index (Phi) is 6.24. The van der Waals surface area contributed by atoms with Crippen molar-refractivity contribution in [2.45, 2.75) is 19.9 Å². The minimum atomic E-state index is -1.07. The summed E-state index contributed by atoms with van der Waals surface area (Å²) in [4.78, 5) is 23.7. The highest BCUT2D eigenvalue weighted by Gasteiger charge is 2.15. The van der Waals surface area contributed by atoms with Gasteiger partial charge in [-0.15, -0.1) is 0 Å². The van der Waals surface area contributed by atoms with Gasteiger partial charge in [0.1, 0.15) is 12.4 Å². The Balaban J connectivity index is 2.59. The van der Waals surface area contributed by atoms with Gasteiger partial charge in [0, 0.05) is 13.1 Å². The van der Waals surface area contributed by atoms with Crippen molar-refractivity contribution in [1.29, 1.82) is 0 Å². The predicted molar refractivity (Wildman–Crippen MR) is 73.1 cm³/mol. The Hall–Kier alpha value is -1.82. The van der Waals surface area contributed by atoms with Gasteiger partial charge in [0.05, 0.1) is 5.02 Å². The van der Waals surface area contributed by atoms with E-state index in [1.165, 1.54) is 23.1 Å². The van der Waals surface area contributed by atoms with Gasteiger partial charge in [0.25, 0.3) is 0 Å². The summed E-state index contributed by atoms with van der Waals surface area (Å²) in [5.41, 5.74) is 0.636. The van der Waals surface area contributed by atoms with E-state index < -0.39 is 17.8 Å². The summed E-state index contributed by atoms with van der Waals surface area (Å²) in [7, 11) is 0. The lowest BCUT2D eigenvalue weighted by Gasteiger charge is -2.20. The summed E-state index contributed by atoms with van der Waals surface area (Å²) < 4.78 is 13.0. The quantitative estimate of drug-likeness (QED) is 0.848. The molecule has 0 bridgehead atoms. The number of amides is 2. The van der Waals surface area contributed by atoms with E-state index in [1.807, 2.05) is 6.92 Å². The number of carbonyl (C=O) groups is 2. The molecule has 1 aromatic carbocycles. The highest BCUT2D eigenvalue weighted by molar-refractivity contribution is 6.30. The average molecular weight is 303 g/mol. The van der Waals surface area contributed by atoms with Gasteiger partial charge in [-0.05, 0) is 24.1 Å². The van der Waals surface area contributed by atoms with Crippen molar-refractivity contribution in [3.8, 4) is 0 Å². The second-order valence-corrected chi connectivity index (χ2v) is 4.63. The number of rotatable bonds is 6. The van der Waals surface area contributed by atoms with E-state index in [0.717, 1.165) is 0 Å². The monoisotopic (exact) mass is 302 g/mol. The minimum absolute atomic E-state index is 0.0206. The summed E-state index contributed by atoms with van der Waals surface area (Å²) in [5.74, 6) is -1.60. The summed E-state index contributed by atoms with van der Waals surface area (Å²) in [5, 5.41) is 11.3. The average Bonchev–Trinajstić information content (AvgIpc) is 2.39. The summed E-state index contributed by atoms with van der Waals surface area (Å²) in [6.45, 7) is 1.99. The van der Waals surface area contributed by atoms with Gasteiger partial charge in [-0.3, -0.25) is 4.79 Å². The van der Waals surface area contributed by atoms with Crippen LogP contribution in [0.5, 0.6) is 0 Å². The van der Waals surface area contributed by atoms with E-state index in [-0.39, 0.29) is 18.1 Å². The number of hydrogen-bond acceptors (Lipinski definition) is 2. The van der Waals surface area contributed by atoms with Crippen LogP contribution in [0.2, 0.25) is 5.02 Å². The molecule has 5 nitrogen and oxygen atoms in total. The SMILES string of the molecule is CCCN(CC(=O)O)C(=O)NCc1ccc(F)c(Cl)c1. The molecule has 20 heavy (non-hydrogen) atoms. The first kappa shape index (κ1) is 16.2. The first-order chi connectivity index (χ1) is 9.43. The topological polar surface area (TPSA) is 69.6 Å². The summed E-state index contributed by atoms with van der Waals surface area (Å²) >= 11 is 5.63. The standard InChI is InChI=1S/C13H16ClFN2O3/c1-2-5-17(8-12(18)19)13(20)16-7-9-3-4-11(15)10(14)6-9/h3-4,6H,2,5,7-8H2,1H3,(H,16,20)(H,18,19). The lowest BCUT2D eigenvalue weighted by atomic mass is 10.2. The maximum absolute atomic E-state index is 13.0. The van der Waals surface area contributed by atoms with E-state index in [4.69, 9.17) is 16.7 Å². The lowest BCUT2D eigenvalue weighted by Crippen LogP contribution is -2.42. The van der Waals surface area contributed by atoms with Crippen molar-refractivity contribution in [2.24, 2.45) is 0 Å². The first-order valence-corrected chi connectivity index (χ1v) is 6.50. The van der Waals surface area contributed by atoms with Gasteiger partial charge in [-0.2, -0.15) is 0 Å². The molecule has 0 unspecified atom stereocenters. The van der Waals surface area contributed by atoms with Crippen molar-refractivity contribution >= 4 is 23.6 Å². The molecule has 7 heteroatoms. The van der Waals surface area contributed by atoms with Gasteiger partial charge < -0.3 is 15.3 Å². The number of halogens is 2. The van der Waals surface area contributed by atoms with Crippen LogP contribution < -0.4 is 5.32 Å². The molecule has 0 aliphatic rings. The number of carbonyl (C=O) groups excluding carboxylic acids is 1. The molecule has 0 atom stereocenters. The van der Waals surface area contributed by atoms with E-state index in [1.54, 1.807) is 0 Å². The molecule has 0 aliphatic carbocycles. The van der Waals surface area contributed by atoms with E-state index in [9.17, 15) is 14.0 Å². The van der Waals surface area contributed by atoms with Crippen LogP contribution in [0.4, 0.5) is 9.18 Å². The van der Waals surface area contributed by atoms with Gasteiger partial charge in [-0.25, -0.2) is 9.18 Å². The number of urea groups is 1. The Labute approximate surface area is 121 Å². The third-order valence-electron chi connectivity index (χ3n) is 2.53. The third kappa shape index (κ3) is 5.05. The molecule has 1 rings (SSSR count). The number of hydrogen-bond donors (Lipinski definition) is 2. The van der Waals surface area contributed by atoms with Gasteiger partial charge >= 0.3 is 12.0 Å². The number of benzene rings is 1. The predicted octanol–water partition coefficient (Wildman–Crippen LogP) is 2.49. The van der Waals surface area contributed by atoms with Gasteiger partial charge in [0.15, 0.2) is 0 Å². The fraction of sp³-hybridized carbons (Fsp3) is 0.385. The number of carboxylic acids is 1. The number of aliphatic carboxylic acids is 1. The molecule has 0 spiro atoms. The zero-order chi connectivity index (χ0) is 15.1. The maximum Gasteiger partial charge on any atom is 0.323 e. The molecule has 0 aliphatic heterocycles. The van der Waals surface area contributed by atoms with Crippen LogP contribution >= 0.6 is 11.6 Å². The van der Waals surface area contributed by atoms with Crippen molar-refractivity contribution in [1.82, 2.24) is 10.2 Å². The van der Waals surface area contributed by atoms with E-state index in [2.05, 4.69) is 5.32 Å². The van der Waals surface area contributed by atoms with E-state index >= 15 is 0 Å². The lowest BCUT2D eigenvalue weighted by molar-refractivity contribution is -0.137. The third-order valence-corrected chi connectivity index (χ3v) is 2.82.